The Hall–Kier alpha value is -1.92. The van der Waals surface area contributed by atoms with Crippen molar-refractivity contribution in [1.29, 1.82) is 0 Å². The highest BCUT2D eigenvalue weighted by atomic mass is 32.1. The minimum atomic E-state index is -0.0928. The van der Waals surface area contributed by atoms with E-state index in [1.165, 1.54) is 11.3 Å². The van der Waals surface area contributed by atoms with Crippen LogP contribution >= 0.6 is 11.3 Å². The molecule has 6 heteroatoms. The number of para-hydroxylation sites is 2. The van der Waals surface area contributed by atoms with Gasteiger partial charge in [0, 0.05) is 6.04 Å². The summed E-state index contributed by atoms with van der Waals surface area (Å²) in [6.45, 7) is 4.25. The lowest BCUT2D eigenvalue weighted by Crippen LogP contribution is -2.36. The largest absolute Gasteiger partial charge is 0.381 e. The highest BCUT2D eigenvalue weighted by Gasteiger charge is 2.18. The Bertz CT molecular complexity index is 692. The van der Waals surface area contributed by atoms with E-state index in [9.17, 15) is 4.79 Å². The fourth-order valence-corrected chi connectivity index (χ4v) is 3.61. The Labute approximate surface area is 147 Å². The second-order valence-corrected chi connectivity index (χ2v) is 7.31. The first kappa shape index (κ1) is 16.9. The number of aryl methyl sites for hydroxylation is 1. The van der Waals surface area contributed by atoms with Crippen LogP contribution in [0.1, 0.15) is 34.4 Å². The van der Waals surface area contributed by atoms with Gasteiger partial charge >= 0.3 is 0 Å². The first-order valence-electron chi connectivity index (χ1n) is 8.46. The van der Waals surface area contributed by atoms with Gasteiger partial charge in [-0.05, 0) is 51.5 Å². The maximum atomic E-state index is 12.5. The molecule has 0 aliphatic carbocycles. The molecule has 1 aromatic heterocycles. The molecule has 3 rings (SSSR count). The molecule has 5 nitrogen and oxygen atoms in total. The van der Waals surface area contributed by atoms with E-state index in [0.717, 1.165) is 48.7 Å². The average Bonchev–Trinajstić information content (AvgIpc) is 3.08. The van der Waals surface area contributed by atoms with Crippen LogP contribution < -0.4 is 10.6 Å². The van der Waals surface area contributed by atoms with E-state index in [0.29, 0.717) is 10.9 Å². The monoisotopic (exact) mass is 344 g/mol. The molecule has 24 heavy (non-hydrogen) atoms. The van der Waals surface area contributed by atoms with Crippen molar-refractivity contribution in [1.82, 2.24) is 9.88 Å². The van der Waals surface area contributed by atoms with E-state index in [1.54, 1.807) is 6.20 Å². The molecule has 1 amide bonds. The van der Waals surface area contributed by atoms with Crippen LogP contribution in [-0.2, 0) is 6.42 Å². The summed E-state index contributed by atoms with van der Waals surface area (Å²) in [6.07, 6.45) is 4.75. The summed E-state index contributed by atoms with van der Waals surface area (Å²) in [5, 5.41) is 7.59. The predicted octanol–water partition coefficient (Wildman–Crippen LogP) is 3.46. The number of amides is 1. The SMILES string of the molecule is CCc1ncc(C(=O)Nc2ccccc2NC2CCN(C)CC2)s1. The smallest absolute Gasteiger partial charge is 0.267 e. The van der Waals surface area contributed by atoms with E-state index in [-0.39, 0.29) is 5.91 Å². The molecule has 2 heterocycles. The molecule has 1 aliphatic rings. The standard InChI is InChI=1S/C18H24N4OS/c1-3-17-19-12-16(24-17)18(23)21-15-7-5-4-6-14(15)20-13-8-10-22(2)11-9-13/h4-7,12-13,20H,3,8-11H2,1-2H3,(H,21,23). The van der Waals surface area contributed by atoms with E-state index >= 15 is 0 Å². The number of hydrogen-bond donors (Lipinski definition) is 2. The van der Waals surface area contributed by atoms with Crippen molar-refractivity contribution in [2.24, 2.45) is 0 Å². The fraction of sp³-hybridized carbons (Fsp3) is 0.444. The Kier molecular flexibility index (Phi) is 5.48. The van der Waals surface area contributed by atoms with Gasteiger partial charge in [0.05, 0.1) is 22.6 Å². The number of piperidine rings is 1. The van der Waals surface area contributed by atoms with Crippen molar-refractivity contribution < 1.29 is 4.79 Å². The van der Waals surface area contributed by atoms with Gasteiger partial charge in [0.2, 0.25) is 0 Å². The molecule has 1 fully saturated rings. The quantitative estimate of drug-likeness (QED) is 0.872. The second kappa shape index (κ2) is 7.77. The van der Waals surface area contributed by atoms with Crippen molar-refractivity contribution in [2.75, 3.05) is 30.8 Å². The molecular formula is C18H24N4OS. The van der Waals surface area contributed by atoms with Crippen molar-refractivity contribution >= 4 is 28.6 Å². The van der Waals surface area contributed by atoms with Gasteiger partial charge in [0.1, 0.15) is 4.88 Å². The number of likely N-dealkylation sites (tertiary alicyclic amines) is 1. The zero-order valence-corrected chi connectivity index (χ0v) is 15.0. The number of anilines is 2. The Balaban J connectivity index is 1.68. The molecule has 0 atom stereocenters. The molecule has 128 valence electrons. The molecule has 0 radical (unpaired) electrons. The predicted molar refractivity (Wildman–Crippen MR) is 100 cm³/mol. The Morgan fingerprint density at radius 1 is 1.29 bits per heavy atom. The molecule has 0 saturated carbocycles. The number of aromatic nitrogens is 1. The first-order chi connectivity index (χ1) is 11.7. The number of thiazole rings is 1. The van der Waals surface area contributed by atoms with Gasteiger partial charge in [-0.1, -0.05) is 19.1 Å². The highest BCUT2D eigenvalue weighted by Crippen LogP contribution is 2.25. The lowest BCUT2D eigenvalue weighted by Gasteiger charge is -2.30. The van der Waals surface area contributed by atoms with Gasteiger partial charge in [-0.2, -0.15) is 0 Å². The van der Waals surface area contributed by atoms with E-state index in [4.69, 9.17) is 0 Å². The summed E-state index contributed by atoms with van der Waals surface area (Å²) in [6, 6.07) is 8.36. The first-order valence-corrected chi connectivity index (χ1v) is 9.27. The van der Waals surface area contributed by atoms with Gasteiger partial charge < -0.3 is 15.5 Å². The molecule has 2 N–H and O–H groups in total. The van der Waals surface area contributed by atoms with Crippen molar-refractivity contribution in [3.8, 4) is 0 Å². The van der Waals surface area contributed by atoms with Crippen LogP contribution in [0, 0.1) is 0 Å². The van der Waals surface area contributed by atoms with Gasteiger partial charge in [0.25, 0.3) is 5.91 Å². The van der Waals surface area contributed by atoms with Crippen LogP contribution in [0.3, 0.4) is 0 Å². The van der Waals surface area contributed by atoms with Gasteiger partial charge in [0.15, 0.2) is 0 Å². The third-order valence-electron chi connectivity index (χ3n) is 4.33. The Morgan fingerprint density at radius 2 is 2.00 bits per heavy atom. The minimum Gasteiger partial charge on any atom is -0.381 e. The molecule has 0 spiro atoms. The van der Waals surface area contributed by atoms with Crippen LogP contribution in [-0.4, -0.2) is 42.0 Å². The summed E-state index contributed by atoms with van der Waals surface area (Å²) < 4.78 is 0. The van der Waals surface area contributed by atoms with E-state index in [1.807, 2.05) is 31.2 Å². The second-order valence-electron chi connectivity index (χ2n) is 6.19. The molecule has 0 bridgehead atoms. The molecule has 1 saturated heterocycles. The van der Waals surface area contributed by atoms with Crippen LogP contribution in [0.4, 0.5) is 11.4 Å². The highest BCUT2D eigenvalue weighted by molar-refractivity contribution is 7.13. The molecule has 0 unspecified atom stereocenters. The third-order valence-corrected chi connectivity index (χ3v) is 5.47. The zero-order valence-electron chi connectivity index (χ0n) is 14.2. The zero-order chi connectivity index (χ0) is 16.9. The number of rotatable bonds is 5. The summed E-state index contributed by atoms with van der Waals surface area (Å²) in [5.41, 5.74) is 1.81. The number of nitrogens with zero attached hydrogens (tertiary/aromatic N) is 2. The molecule has 1 aliphatic heterocycles. The van der Waals surface area contributed by atoms with Crippen LogP contribution in [0.5, 0.6) is 0 Å². The number of carbonyl (C=O) groups is 1. The van der Waals surface area contributed by atoms with Crippen molar-refractivity contribution in [3.63, 3.8) is 0 Å². The van der Waals surface area contributed by atoms with Crippen LogP contribution in [0.25, 0.3) is 0 Å². The molecule has 2 aromatic rings. The fourth-order valence-electron chi connectivity index (χ4n) is 2.85. The number of carbonyl (C=O) groups excluding carboxylic acids is 1. The van der Waals surface area contributed by atoms with Gasteiger partial charge in [-0.3, -0.25) is 4.79 Å². The lowest BCUT2D eigenvalue weighted by atomic mass is 10.0. The van der Waals surface area contributed by atoms with Crippen LogP contribution in [0.2, 0.25) is 0 Å². The summed E-state index contributed by atoms with van der Waals surface area (Å²) in [5.74, 6) is -0.0928. The summed E-state index contributed by atoms with van der Waals surface area (Å²) >= 11 is 1.45. The van der Waals surface area contributed by atoms with Crippen molar-refractivity contribution in [2.45, 2.75) is 32.2 Å². The minimum absolute atomic E-state index is 0.0928. The van der Waals surface area contributed by atoms with Crippen molar-refractivity contribution in [3.05, 3.63) is 40.3 Å². The third kappa shape index (κ3) is 4.13. The number of nitrogens with one attached hydrogen (secondary N) is 2. The topological polar surface area (TPSA) is 57.3 Å². The van der Waals surface area contributed by atoms with Gasteiger partial charge in [-0.15, -0.1) is 11.3 Å². The van der Waals surface area contributed by atoms with Gasteiger partial charge in [-0.25, -0.2) is 4.98 Å². The maximum Gasteiger partial charge on any atom is 0.267 e. The Morgan fingerprint density at radius 3 is 2.67 bits per heavy atom. The number of benzene rings is 1. The maximum absolute atomic E-state index is 12.5. The average molecular weight is 344 g/mol. The summed E-state index contributed by atoms with van der Waals surface area (Å²) in [4.78, 5) is 19.7. The summed E-state index contributed by atoms with van der Waals surface area (Å²) in [7, 11) is 2.16. The van der Waals surface area contributed by atoms with E-state index in [2.05, 4.69) is 27.6 Å². The normalized spacial score (nSPS) is 16.1. The molecule has 1 aromatic carbocycles. The molecular weight excluding hydrogens is 320 g/mol. The van der Waals surface area contributed by atoms with E-state index < -0.39 is 0 Å². The lowest BCUT2D eigenvalue weighted by molar-refractivity contribution is 0.103. The van der Waals surface area contributed by atoms with Crippen LogP contribution in [0.15, 0.2) is 30.5 Å². The number of hydrogen-bond acceptors (Lipinski definition) is 5.